The average molecular weight is 362 g/mol. The SMILES string of the molecule is O=C(NCC1CCCO1)c1cc(OCc2ccccc2)nc2ccccc12. The van der Waals surface area contributed by atoms with Gasteiger partial charge in [-0.05, 0) is 24.5 Å². The van der Waals surface area contributed by atoms with E-state index in [1.54, 1.807) is 6.07 Å². The molecule has 3 aromatic rings. The minimum Gasteiger partial charge on any atom is -0.473 e. The predicted octanol–water partition coefficient (Wildman–Crippen LogP) is 3.72. The molecule has 0 saturated carbocycles. The monoisotopic (exact) mass is 362 g/mol. The zero-order valence-corrected chi connectivity index (χ0v) is 15.1. The van der Waals surface area contributed by atoms with Gasteiger partial charge in [-0.15, -0.1) is 0 Å². The fourth-order valence-electron chi connectivity index (χ4n) is 3.25. The van der Waals surface area contributed by atoms with Crippen molar-refractivity contribution in [2.75, 3.05) is 13.2 Å². The quantitative estimate of drug-likeness (QED) is 0.726. The standard InChI is InChI=1S/C22H22N2O3/c25-22(23-14-17-9-6-12-26-17)19-13-21(24-20-11-5-4-10-18(19)20)27-15-16-7-2-1-3-8-16/h1-5,7-8,10-11,13,17H,6,9,12,14-15H2,(H,23,25). The predicted molar refractivity (Wildman–Crippen MR) is 104 cm³/mol. The summed E-state index contributed by atoms with van der Waals surface area (Å²) in [5, 5.41) is 3.80. The number of pyridine rings is 1. The van der Waals surface area contributed by atoms with Crippen LogP contribution in [-0.4, -0.2) is 30.1 Å². The molecule has 2 heterocycles. The molecule has 2 aromatic carbocycles. The van der Waals surface area contributed by atoms with Gasteiger partial charge in [0.15, 0.2) is 0 Å². The fraction of sp³-hybridized carbons (Fsp3) is 0.273. The van der Waals surface area contributed by atoms with E-state index >= 15 is 0 Å². The Morgan fingerprint density at radius 2 is 1.96 bits per heavy atom. The summed E-state index contributed by atoms with van der Waals surface area (Å²) in [5.41, 5.74) is 2.36. The third-order valence-corrected chi connectivity index (χ3v) is 4.68. The lowest BCUT2D eigenvalue weighted by molar-refractivity contribution is 0.0858. The highest BCUT2D eigenvalue weighted by atomic mass is 16.5. The van der Waals surface area contributed by atoms with Crippen LogP contribution in [-0.2, 0) is 11.3 Å². The van der Waals surface area contributed by atoms with Crippen LogP contribution in [0.2, 0.25) is 0 Å². The molecule has 5 nitrogen and oxygen atoms in total. The Morgan fingerprint density at radius 3 is 2.78 bits per heavy atom. The number of hydrogen-bond acceptors (Lipinski definition) is 4. The Labute approximate surface area is 158 Å². The first kappa shape index (κ1) is 17.5. The van der Waals surface area contributed by atoms with Crippen molar-refractivity contribution < 1.29 is 14.3 Å². The smallest absolute Gasteiger partial charge is 0.252 e. The second-order valence-electron chi connectivity index (χ2n) is 6.64. The molecule has 1 fully saturated rings. The van der Waals surface area contributed by atoms with Crippen LogP contribution in [0.15, 0.2) is 60.7 Å². The number of carbonyl (C=O) groups excluding carboxylic acids is 1. The van der Waals surface area contributed by atoms with E-state index in [4.69, 9.17) is 9.47 Å². The van der Waals surface area contributed by atoms with E-state index in [0.29, 0.717) is 24.6 Å². The molecule has 0 radical (unpaired) electrons. The highest BCUT2D eigenvalue weighted by molar-refractivity contribution is 6.06. The van der Waals surface area contributed by atoms with Gasteiger partial charge in [-0.25, -0.2) is 4.98 Å². The summed E-state index contributed by atoms with van der Waals surface area (Å²) in [5.74, 6) is 0.313. The Bertz CT molecular complexity index is 921. The zero-order chi connectivity index (χ0) is 18.5. The van der Waals surface area contributed by atoms with Crippen molar-refractivity contribution in [3.05, 3.63) is 71.8 Å². The summed E-state index contributed by atoms with van der Waals surface area (Å²) in [6.07, 6.45) is 2.15. The molecule has 1 unspecified atom stereocenters. The summed E-state index contributed by atoms with van der Waals surface area (Å²) in [7, 11) is 0. The van der Waals surface area contributed by atoms with Gasteiger partial charge < -0.3 is 14.8 Å². The minimum atomic E-state index is -0.131. The third-order valence-electron chi connectivity index (χ3n) is 4.68. The van der Waals surface area contributed by atoms with Crippen LogP contribution >= 0.6 is 0 Å². The van der Waals surface area contributed by atoms with Gasteiger partial charge in [0.25, 0.3) is 5.91 Å². The Kier molecular flexibility index (Phi) is 5.30. The molecule has 4 rings (SSSR count). The van der Waals surface area contributed by atoms with Crippen molar-refractivity contribution in [2.24, 2.45) is 0 Å². The number of amides is 1. The molecule has 1 aliphatic heterocycles. The summed E-state index contributed by atoms with van der Waals surface area (Å²) < 4.78 is 11.4. The van der Waals surface area contributed by atoms with Gasteiger partial charge in [0, 0.05) is 24.6 Å². The van der Waals surface area contributed by atoms with Gasteiger partial charge in [0.05, 0.1) is 17.2 Å². The molecule has 138 valence electrons. The summed E-state index contributed by atoms with van der Waals surface area (Å²) in [6.45, 7) is 1.70. The van der Waals surface area contributed by atoms with Crippen LogP contribution in [0.5, 0.6) is 5.88 Å². The lowest BCUT2D eigenvalue weighted by Crippen LogP contribution is -2.31. The Hall–Kier alpha value is -2.92. The van der Waals surface area contributed by atoms with E-state index in [9.17, 15) is 4.79 Å². The Balaban J connectivity index is 1.55. The van der Waals surface area contributed by atoms with E-state index in [1.165, 1.54) is 0 Å². The molecular weight excluding hydrogens is 340 g/mol. The minimum absolute atomic E-state index is 0.107. The van der Waals surface area contributed by atoms with Crippen LogP contribution < -0.4 is 10.1 Å². The van der Waals surface area contributed by atoms with Crippen molar-refractivity contribution in [3.8, 4) is 5.88 Å². The van der Waals surface area contributed by atoms with Crippen molar-refractivity contribution in [1.82, 2.24) is 10.3 Å². The van der Waals surface area contributed by atoms with E-state index in [2.05, 4.69) is 10.3 Å². The van der Waals surface area contributed by atoms with Gasteiger partial charge >= 0.3 is 0 Å². The number of benzene rings is 2. The van der Waals surface area contributed by atoms with Gasteiger partial charge in [-0.1, -0.05) is 48.5 Å². The lowest BCUT2D eigenvalue weighted by Gasteiger charge is -2.13. The molecule has 0 spiro atoms. The molecule has 0 bridgehead atoms. The molecule has 1 N–H and O–H groups in total. The first-order chi connectivity index (χ1) is 13.3. The maximum Gasteiger partial charge on any atom is 0.252 e. The summed E-state index contributed by atoms with van der Waals surface area (Å²) >= 11 is 0. The molecule has 27 heavy (non-hydrogen) atoms. The zero-order valence-electron chi connectivity index (χ0n) is 15.1. The summed E-state index contributed by atoms with van der Waals surface area (Å²) in [6, 6.07) is 19.2. The molecule has 5 heteroatoms. The second kappa shape index (κ2) is 8.18. The molecule has 1 atom stereocenters. The van der Waals surface area contributed by atoms with E-state index in [0.717, 1.165) is 35.9 Å². The second-order valence-corrected chi connectivity index (χ2v) is 6.64. The molecular formula is C22H22N2O3. The maximum atomic E-state index is 12.8. The maximum absolute atomic E-state index is 12.8. The van der Waals surface area contributed by atoms with Crippen molar-refractivity contribution in [2.45, 2.75) is 25.6 Å². The number of aromatic nitrogens is 1. The number of hydrogen-bond donors (Lipinski definition) is 1. The van der Waals surface area contributed by atoms with Gasteiger partial charge in [-0.2, -0.15) is 0 Å². The summed E-state index contributed by atoms with van der Waals surface area (Å²) in [4.78, 5) is 17.3. The number of fused-ring (bicyclic) bond motifs is 1. The average Bonchev–Trinajstić information content (AvgIpc) is 3.24. The van der Waals surface area contributed by atoms with Gasteiger partial charge in [-0.3, -0.25) is 4.79 Å². The van der Waals surface area contributed by atoms with Crippen molar-refractivity contribution >= 4 is 16.8 Å². The molecule has 1 saturated heterocycles. The topological polar surface area (TPSA) is 60.5 Å². The number of ether oxygens (including phenoxy) is 2. The van der Waals surface area contributed by atoms with Crippen LogP contribution in [0.25, 0.3) is 10.9 Å². The van der Waals surface area contributed by atoms with Gasteiger partial charge in [0.1, 0.15) is 6.61 Å². The van der Waals surface area contributed by atoms with E-state index in [1.807, 2.05) is 54.6 Å². The number of nitrogens with one attached hydrogen (secondary N) is 1. The number of rotatable bonds is 6. The highest BCUT2D eigenvalue weighted by Crippen LogP contribution is 2.23. The molecule has 1 amide bonds. The first-order valence-corrected chi connectivity index (χ1v) is 9.26. The van der Waals surface area contributed by atoms with Crippen LogP contribution in [0, 0.1) is 0 Å². The first-order valence-electron chi connectivity index (χ1n) is 9.26. The molecule has 1 aromatic heterocycles. The highest BCUT2D eigenvalue weighted by Gasteiger charge is 2.18. The number of nitrogens with zero attached hydrogens (tertiary/aromatic N) is 1. The van der Waals surface area contributed by atoms with E-state index in [-0.39, 0.29) is 12.0 Å². The number of para-hydroxylation sites is 1. The van der Waals surface area contributed by atoms with Crippen LogP contribution in [0.4, 0.5) is 0 Å². The van der Waals surface area contributed by atoms with Crippen LogP contribution in [0.3, 0.4) is 0 Å². The van der Waals surface area contributed by atoms with Gasteiger partial charge in [0.2, 0.25) is 5.88 Å². The largest absolute Gasteiger partial charge is 0.473 e. The van der Waals surface area contributed by atoms with Crippen molar-refractivity contribution in [1.29, 1.82) is 0 Å². The normalized spacial score (nSPS) is 16.4. The lowest BCUT2D eigenvalue weighted by atomic mass is 10.1. The molecule has 0 aliphatic carbocycles. The Morgan fingerprint density at radius 1 is 1.15 bits per heavy atom. The number of carbonyl (C=O) groups is 1. The third kappa shape index (κ3) is 4.26. The molecule has 1 aliphatic rings. The van der Waals surface area contributed by atoms with Crippen LogP contribution in [0.1, 0.15) is 28.8 Å². The fourth-order valence-corrected chi connectivity index (χ4v) is 3.25. The van der Waals surface area contributed by atoms with E-state index < -0.39 is 0 Å². The van der Waals surface area contributed by atoms with Crippen molar-refractivity contribution in [3.63, 3.8) is 0 Å².